The Morgan fingerprint density at radius 3 is 2.61 bits per heavy atom. The number of urea groups is 1. The number of imide groups is 2. The number of carbonyl (C=O) groups excluding carboxylic acids is 3. The molecule has 31 heavy (non-hydrogen) atoms. The van der Waals surface area contributed by atoms with Crippen LogP contribution in [0.4, 0.5) is 10.5 Å². The molecule has 1 aliphatic rings. The predicted octanol–water partition coefficient (Wildman–Crippen LogP) is 4.72. The standard InChI is InChI=1S/C24H17ClN2O4/c1-2-12-31-21-11-10-15-6-3-4-9-18(15)19(21)14-20-22(28)26-24(30)27(23(20)29)17-8-5-7-16(25)13-17/h2-11,13-14H,1,12H2,(H,26,28,30)/b20-14+. The van der Waals surface area contributed by atoms with Crippen LogP contribution < -0.4 is 15.0 Å². The molecule has 6 nitrogen and oxygen atoms in total. The monoisotopic (exact) mass is 432 g/mol. The number of nitrogens with one attached hydrogen (secondary N) is 1. The molecule has 0 saturated carbocycles. The summed E-state index contributed by atoms with van der Waals surface area (Å²) in [6.07, 6.45) is 3.05. The van der Waals surface area contributed by atoms with Crippen LogP contribution in [0.3, 0.4) is 0 Å². The molecule has 0 spiro atoms. The molecule has 1 fully saturated rings. The van der Waals surface area contributed by atoms with Crippen molar-refractivity contribution in [3.05, 3.63) is 89.5 Å². The Hall–Kier alpha value is -3.90. The van der Waals surface area contributed by atoms with E-state index < -0.39 is 17.8 Å². The van der Waals surface area contributed by atoms with Gasteiger partial charge in [0.05, 0.1) is 5.69 Å². The van der Waals surface area contributed by atoms with Crippen molar-refractivity contribution in [1.29, 1.82) is 0 Å². The first kappa shape index (κ1) is 20.4. The summed E-state index contributed by atoms with van der Waals surface area (Å²) in [5, 5.41) is 4.28. The Labute approximate surface area is 183 Å². The highest BCUT2D eigenvalue weighted by atomic mass is 35.5. The average molecular weight is 433 g/mol. The summed E-state index contributed by atoms with van der Waals surface area (Å²) in [7, 11) is 0. The van der Waals surface area contributed by atoms with E-state index in [1.54, 1.807) is 30.3 Å². The summed E-state index contributed by atoms with van der Waals surface area (Å²) < 4.78 is 5.75. The van der Waals surface area contributed by atoms with E-state index in [0.29, 0.717) is 16.3 Å². The Kier molecular flexibility index (Phi) is 5.56. The second kappa shape index (κ2) is 8.45. The SMILES string of the molecule is C=CCOc1ccc2ccccc2c1/C=C1\C(=O)NC(=O)N(c2cccc(Cl)c2)C1=O. The minimum atomic E-state index is -0.838. The molecule has 4 amide bonds. The molecule has 154 valence electrons. The van der Waals surface area contributed by atoms with E-state index in [4.69, 9.17) is 16.3 Å². The van der Waals surface area contributed by atoms with Crippen molar-refractivity contribution < 1.29 is 19.1 Å². The van der Waals surface area contributed by atoms with Crippen LogP contribution in [0.2, 0.25) is 5.02 Å². The molecule has 0 atom stereocenters. The molecule has 7 heteroatoms. The van der Waals surface area contributed by atoms with Crippen LogP contribution in [-0.2, 0) is 9.59 Å². The van der Waals surface area contributed by atoms with Gasteiger partial charge in [0.1, 0.15) is 17.9 Å². The third kappa shape index (κ3) is 3.93. The number of anilines is 1. The van der Waals surface area contributed by atoms with Crippen LogP contribution in [-0.4, -0.2) is 24.5 Å². The van der Waals surface area contributed by atoms with Crippen molar-refractivity contribution in [3.63, 3.8) is 0 Å². The van der Waals surface area contributed by atoms with E-state index in [1.807, 2.05) is 30.3 Å². The Morgan fingerprint density at radius 2 is 1.84 bits per heavy atom. The minimum Gasteiger partial charge on any atom is -0.489 e. The maximum absolute atomic E-state index is 13.2. The zero-order valence-corrected chi connectivity index (χ0v) is 17.1. The summed E-state index contributed by atoms with van der Waals surface area (Å²) in [6, 6.07) is 16.6. The van der Waals surface area contributed by atoms with Gasteiger partial charge in [-0.2, -0.15) is 0 Å². The smallest absolute Gasteiger partial charge is 0.335 e. The molecule has 3 aromatic carbocycles. The van der Waals surface area contributed by atoms with Crippen LogP contribution >= 0.6 is 11.6 Å². The molecule has 0 aromatic heterocycles. The molecule has 4 rings (SSSR count). The van der Waals surface area contributed by atoms with Crippen molar-refractivity contribution >= 4 is 52.0 Å². The maximum Gasteiger partial charge on any atom is 0.335 e. The highest BCUT2D eigenvalue weighted by Gasteiger charge is 2.37. The summed E-state index contributed by atoms with van der Waals surface area (Å²) in [6.45, 7) is 3.90. The number of rotatable bonds is 5. The largest absolute Gasteiger partial charge is 0.489 e. The van der Waals surface area contributed by atoms with E-state index in [0.717, 1.165) is 15.7 Å². The number of benzene rings is 3. The molecule has 1 heterocycles. The van der Waals surface area contributed by atoms with Gasteiger partial charge in [0.15, 0.2) is 0 Å². The molecule has 0 bridgehead atoms. The van der Waals surface area contributed by atoms with E-state index in [-0.39, 0.29) is 17.9 Å². The normalized spacial score (nSPS) is 15.3. The molecule has 0 radical (unpaired) electrons. The highest BCUT2D eigenvalue weighted by molar-refractivity contribution is 6.39. The lowest BCUT2D eigenvalue weighted by atomic mass is 9.99. The van der Waals surface area contributed by atoms with Gasteiger partial charge in [-0.15, -0.1) is 0 Å². The van der Waals surface area contributed by atoms with Gasteiger partial charge >= 0.3 is 6.03 Å². The lowest BCUT2D eigenvalue weighted by Gasteiger charge is -2.26. The van der Waals surface area contributed by atoms with Crippen molar-refractivity contribution in [3.8, 4) is 5.75 Å². The Morgan fingerprint density at radius 1 is 1.03 bits per heavy atom. The van der Waals surface area contributed by atoms with Gasteiger partial charge in [0.25, 0.3) is 11.8 Å². The summed E-state index contributed by atoms with van der Waals surface area (Å²) in [4.78, 5) is 39.1. The third-order valence-electron chi connectivity index (χ3n) is 4.74. The van der Waals surface area contributed by atoms with Crippen molar-refractivity contribution in [2.75, 3.05) is 11.5 Å². The number of barbiturate groups is 1. The van der Waals surface area contributed by atoms with Crippen molar-refractivity contribution in [1.82, 2.24) is 5.32 Å². The van der Waals surface area contributed by atoms with Crippen LogP contribution in [0.15, 0.2) is 78.9 Å². The molecule has 3 aromatic rings. The molecule has 0 unspecified atom stereocenters. The number of nitrogens with zero attached hydrogens (tertiary/aromatic N) is 1. The number of carbonyl (C=O) groups is 3. The number of halogens is 1. The van der Waals surface area contributed by atoms with E-state index in [1.165, 1.54) is 12.1 Å². The first-order chi connectivity index (χ1) is 15.0. The van der Waals surface area contributed by atoms with Crippen molar-refractivity contribution in [2.24, 2.45) is 0 Å². The first-order valence-corrected chi connectivity index (χ1v) is 9.80. The lowest BCUT2D eigenvalue weighted by molar-refractivity contribution is -0.122. The topological polar surface area (TPSA) is 75.7 Å². The highest BCUT2D eigenvalue weighted by Crippen LogP contribution is 2.32. The summed E-state index contributed by atoms with van der Waals surface area (Å²) in [5.74, 6) is -1.05. The van der Waals surface area contributed by atoms with Gasteiger partial charge in [-0.1, -0.05) is 60.7 Å². The van der Waals surface area contributed by atoms with Gasteiger partial charge in [-0.25, -0.2) is 9.69 Å². The maximum atomic E-state index is 13.2. The Bertz CT molecular complexity index is 1270. The predicted molar refractivity (Wildman–Crippen MR) is 120 cm³/mol. The van der Waals surface area contributed by atoms with Gasteiger partial charge < -0.3 is 4.74 Å². The van der Waals surface area contributed by atoms with Gasteiger partial charge in [-0.3, -0.25) is 14.9 Å². The minimum absolute atomic E-state index is 0.195. The first-order valence-electron chi connectivity index (χ1n) is 9.42. The van der Waals surface area contributed by atoms with E-state index in [2.05, 4.69) is 11.9 Å². The molecule has 1 saturated heterocycles. The molecular weight excluding hydrogens is 416 g/mol. The molecule has 0 aliphatic carbocycles. The average Bonchev–Trinajstić information content (AvgIpc) is 2.75. The quantitative estimate of drug-likeness (QED) is 0.359. The lowest BCUT2D eigenvalue weighted by Crippen LogP contribution is -2.54. The summed E-state index contributed by atoms with van der Waals surface area (Å²) >= 11 is 6.01. The number of fused-ring (bicyclic) bond motifs is 1. The number of ether oxygens (including phenoxy) is 1. The third-order valence-corrected chi connectivity index (χ3v) is 4.98. The zero-order valence-electron chi connectivity index (χ0n) is 16.3. The Balaban J connectivity index is 1.86. The van der Waals surface area contributed by atoms with E-state index in [9.17, 15) is 14.4 Å². The number of hydrogen-bond donors (Lipinski definition) is 1. The molecule has 1 aliphatic heterocycles. The molecular formula is C24H17ClN2O4. The zero-order chi connectivity index (χ0) is 22.0. The van der Waals surface area contributed by atoms with Crippen LogP contribution in [0.5, 0.6) is 5.75 Å². The second-order valence-electron chi connectivity index (χ2n) is 6.74. The fraction of sp³-hybridized carbons (Fsp3) is 0.0417. The van der Waals surface area contributed by atoms with Crippen molar-refractivity contribution in [2.45, 2.75) is 0 Å². The molecule has 1 N–H and O–H groups in total. The van der Waals surface area contributed by atoms with Gasteiger partial charge in [0.2, 0.25) is 0 Å². The van der Waals surface area contributed by atoms with E-state index >= 15 is 0 Å². The summed E-state index contributed by atoms with van der Waals surface area (Å²) in [5.41, 5.74) is 0.618. The second-order valence-corrected chi connectivity index (χ2v) is 7.17. The number of amides is 4. The fourth-order valence-corrected chi connectivity index (χ4v) is 3.54. The van der Waals surface area contributed by atoms with Crippen LogP contribution in [0.25, 0.3) is 16.8 Å². The van der Waals surface area contributed by atoms with Gasteiger partial charge in [-0.05, 0) is 41.1 Å². The van der Waals surface area contributed by atoms with Crippen LogP contribution in [0.1, 0.15) is 5.56 Å². The fourth-order valence-electron chi connectivity index (χ4n) is 3.35. The number of hydrogen-bond acceptors (Lipinski definition) is 4. The van der Waals surface area contributed by atoms with Gasteiger partial charge in [0, 0.05) is 10.6 Å². The van der Waals surface area contributed by atoms with Crippen LogP contribution in [0, 0.1) is 0 Å².